The standard InChI is InChI=1S/C10H19N5O2/c1-7(2)14-10(13(4)6-5-11)9(15(16)17)8(3)12-14/h7H,5-6,11H2,1-4H3. The first-order valence-corrected chi connectivity index (χ1v) is 5.54. The number of nitrogens with two attached hydrogens (primary N) is 1. The predicted molar refractivity (Wildman–Crippen MR) is 66.3 cm³/mol. The Morgan fingerprint density at radius 2 is 2.18 bits per heavy atom. The van der Waals surface area contributed by atoms with E-state index in [0.29, 0.717) is 24.6 Å². The molecule has 96 valence electrons. The summed E-state index contributed by atoms with van der Waals surface area (Å²) in [7, 11) is 1.79. The number of nitro groups is 1. The van der Waals surface area contributed by atoms with Crippen molar-refractivity contribution in [3.05, 3.63) is 15.8 Å². The molecule has 0 amide bonds. The molecule has 1 heterocycles. The average Bonchev–Trinajstić information content (AvgIpc) is 2.56. The normalized spacial score (nSPS) is 10.9. The summed E-state index contributed by atoms with van der Waals surface area (Å²) in [5, 5.41) is 15.3. The zero-order valence-electron chi connectivity index (χ0n) is 10.7. The van der Waals surface area contributed by atoms with Crippen LogP contribution in [0.5, 0.6) is 0 Å². The summed E-state index contributed by atoms with van der Waals surface area (Å²) in [5.74, 6) is 0.521. The van der Waals surface area contributed by atoms with Gasteiger partial charge in [-0.3, -0.25) is 10.1 Å². The minimum atomic E-state index is -0.385. The third kappa shape index (κ3) is 2.55. The second kappa shape index (κ2) is 5.13. The summed E-state index contributed by atoms with van der Waals surface area (Å²) in [4.78, 5) is 12.5. The summed E-state index contributed by atoms with van der Waals surface area (Å²) in [6, 6.07) is 0.0672. The van der Waals surface area contributed by atoms with Crippen LogP contribution in [0.4, 0.5) is 11.5 Å². The van der Waals surface area contributed by atoms with E-state index in [4.69, 9.17) is 5.73 Å². The zero-order chi connectivity index (χ0) is 13.2. The summed E-state index contributed by atoms with van der Waals surface area (Å²) in [5.41, 5.74) is 5.98. The number of hydrogen-bond acceptors (Lipinski definition) is 5. The van der Waals surface area contributed by atoms with Crippen molar-refractivity contribution < 1.29 is 4.92 Å². The van der Waals surface area contributed by atoms with Crippen molar-refractivity contribution in [3.8, 4) is 0 Å². The molecule has 0 aliphatic rings. The third-order valence-electron chi connectivity index (χ3n) is 2.53. The van der Waals surface area contributed by atoms with Crippen LogP contribution >= 0.6 is 0 Å². The van der Waals surface area contributed by atoms with Crippen LogP contribution in [-0.2, 0) is 0 Å². The van der Waals surface area contributed by atoms with Crippen molar-refractivity contribution >= 4 is 11.5 Å². The van der Waals surface area contributed by atoms with E-state index >= 15 is 0 Å². The van der Waals surface area contributed by atoms with E-state index in [1.807, 2.05) is 13.8 Å². The molecule has 0 aliphatic carbocycles. The first kappa shape index (κ1) is 13.4. The number of hydrogen-bond donors (Lipinski definition) is 1. The van der Waals surface area contributed by atoms with Gasteiger partial charge in [0.15, 0.2) is 0 Å². The lowest BCUT2D eigenvalue weighted by atomic mass is 10.3. The average molecular weight is 241 g/mol. The van der Waals surface area contributed by atoms with E-state index in [0.717, 1.165) is 0 Å². The van der Waals surface area contributed by atoms with Gasteiger partial charge in [-0.05, 0) is 20.8 Å². The van der Waals surface area contributed by atoms with Crippen molar-refractivity contribution in [1.82, 2.24) is 9.78 Å². The van der Waals surface area contributed by atoms with Gasteiger partial charge < -0.3 is 10.6 Å². The van der Waals surface area contributed by atoms with Crippen molar-refractivity contribution in [1.29, 1.82) is 0 Å². The van der Waals surface area contributed by atoms with Crippen molar-refractivity contribution in [2.45, 2.75) is 26.8 Å². The van der Waals surface area contributed by atoms with E-state index < -0.39 is 0 Å². The van der Waals surface area contributed by atoms with Crippen LogP contribution in [0.3, 0.4) is 0 Å². The van der Waals surface area contributed by atoms with Crippen LogP contribution in [0.25, 0.3) is 0 Å². The second-order valence-electron chi connectivity index (χ2n) is 4.26. The molecule has 0 saturated carbocycles. The Balaban J connectivity index is 3.34. The largest absolute Gasteiger partial charge is 0.353 e. The maximum atomic E-state index is 11.1. The van der Waals surface area contributed by atoms with Gasteiger partial charge in [0.05, 0.1) is 4.92 Å². The van der Waals surface area contributed by atoms with Gasteiger partial charge in [0.25, 0.3) is 0 Å². The predicted octanol–water partition coefficient (Wildman–Crippen LogP) is 1.08. The van der Waals surface area contributed by atoms with Crippen LogP contribution in [0.15, 0.2) is 0 Å². The van der Waals surface area contributed by atoms with Gasteiger partial charge in [-0.2, -0.15) is 5.10 Å². The Kier molecular flexibility index (Phi) is 4.06. The van der Waals surface area contributed by atoms with Crippen LogP contribution in [0, 0.1) is 17.0 Å². The number of likely N-dealkylation sites (N-methyl/N-ethyl adjacent to an activating group) is 1. The number of anilines is 1. The highest BCUT2D eigenvalue weighted by atomic mass is 16.6. The molecule has 0 spiro atoms. The highest BCUT2D eigenvalue weighted by Crippen LogP contribution is 2.32. The lowest BCUT2D eigenvalue weighted by Crippen LogP contribution is -2.28. The van der Waals surface area contributed by atoms with Crippen LogP contribution in [-0.4, -0.2) is 34.8 Å². The molecule has 1 aromatic heterocycles. The van der Waals surface area contributed by atoms with Gasteiger partial charge in [0.1, 0.15) is 5.69 Å². The zero-order valence-corrected chi connectivity index (χ0v) is 10.7. The molecule has 7 nitrogen and oxygen atoms in total. The Labute approximate surface area is 100 Å². The number of aryl methyl sites for hydroxylation is 1. The Morgan fingerprint density at radius 3 is 2.59 bits per heavy atom. The van der Waals surface area contributed by atoms with Crippen molar-refractivity contribution in [2.24, 2.45) is 5.73 Å². The van der Waals surface area contributed by atoms with Gasteiger partial charge in [0, 0.05) is 26.2 Å². The molecule has 0 saturated heterocycles. The van der Waals surface area contributed by atoms with Crippen LogP contribution in [0.1, 0.15) is 25.6 Å². The molecule has 0 bridgehead atoms. The van der Waals surface area contributed by atoms with Crippen LogP contribution < -0.4 is 10.6 Å². The third-order valence-corrected chi connectivity index (χ3v) is 2.53. The van der Waals surface area contributed by atoms with Gasteiger partial charge >= 0.3 is 5.69 Å². The molecule has 7 heteroatoms. The lowest BCUT2D eigenvalue weighted by Gasteiger charge is -2.20. The quantitative estimate of drug-likeness (QED) is 0.615. The minimum absolute atomic E-state index is 0.0645. The molecule has 1 aromatic rings. The Bertz CT molecular complexity index is 413. The SMILES string of the molecule is Cc1nn(C(C)C)c(N(C)CCN)c1[N+](=O)[O-]. The second-order valence-corrected chi connectivity index (χ2v) is 4.26. The smallest absolute Gasteiger partial charge is 0.333 e. The van der Waals surface area contributed by atoms with E-state index in [1.54, 1.807) is 23.6 Å². The number of nitrogens with zero attached hydrogens (tertiary/aromatic N) is 4. The highest BCUT2D eigenvalue weighted by molar-refractivity contribution is 5.61. The Hall–Kier alpha value is -1.63. The fourth-order valence-corrected chi connectivity index (χ4v) is 1.76. The molecule has 0 radical (unpaired) electrons. The van der Waals surface area contributed by atoms with Gasteiger partial charge in [-0.15, -0.1) is 0 Å². The van der Waals surface area contributed by atoms with Crippen molar-refractivity contribution in [3.63, 3.8) is 0 Å². The van der Waals surface area contributed by atoms with E-state index in [9.17, 15) is 10.1 Å². The first-order chi connectivity index (χ1) is 7.90. The summed E-state index contributed by atoms with van der Waals surface area (Å²) in [6.07, 6.45) is 0. The molecular weight excluding hydrogens is 222 g/mol. The molecule has 0 unspecified atom stereocenters. The topological polar surface area (TPSA) is 90.2 Å². The summed E-state index contributed by atoms with van der Waals surface area (Å²) >= 11 is 0. The number of aromatic nitrogens is 2. The molecule has 1 rings (SSSR count). The highest BCUT2D eigenvalue weighted by Gasteiger charge is 2.28. The summed E-state index contributed by atoms with van der Waals surface area (Å²) in [6.45, 7) is 6.53. The maximum Gasteiger partial charge on any atom is 0.333 e. The number of rotatable bonds is 5. The van der Waals surface area contributed by atoms with Gasteiger partial charge in [0.2, 0.25) is 5.82 Å². The first-order valence-electron chi connectivity index (χ1n) is 5.54. The molecule has 0 atom stereocenters. The van der Waals surface area contributed by atoms with E-state index in [-0.39, 0.29) is 16.7 Å². The van der Waals surface area contributed by atoms with Gasteiger partial charge in [-0.25, -0.2) is 4.68 Å². The maximum absolute atomic E-state index is 11.1. The molecule has 0 aliphatic heterocycles. The molecular formula is C10H19N5O2. The van der Waals surface area contributed by atoms with Crippen molar-refractivity contribution in [2.75, 3.05) is 25.0 Å². The monoisotopic (exact) mass is 241 g/mol. The fraction of sp³-hybridized carbons (Fsp3) is 0.700. The van der Waals surface area contributed by atoms with E-state index in [1.165, 1.54) is 0 Å². The lowest BCUT2D eigenvalue weighted by molar-refractivity contribution is -0.384. The molecule has 17 heavy (non-hydrogen) atoms. The van der Waals surface area contributed by atoms with E-state index in [2.05, 4.69) is 5.10 Å². The molecule has 0 fully saturated rings. The molecule has 0 aromatic carbocycles. The van der Waals surface area contributed by atoms with Gasteiger partial charge in [-0.1, -0.05) is 0 Å². The molecule has 2 N–H and O–H groups in total. The summed E-state index contributed by atoms with van der Waals surface area (Å²) < 4.78 is 1.67. The minimum Gasteiger partial charge on any atom is -0.353 e. The van der Waals surface area contributed by atoms with Crippen LogP contribution in [0.2, 0.25) is 0 Å². The Morgan fingerprint density at radius 1 is 1.59 bits per heavy atom. The fourth-order valence-electron chi connectivity index (χ4n) is 1.76.